The third-order valence-corrected chi connectivity index (χ3v) is 3.73. The van der Waals surface area contributed by atoms with E-state index >= 15 is 0 Å². The summed E-state index contributed by atoms with van der Waals surface area (Å²) < 4.78 is 0. The van der Waals surface area contributed by atoms with Crippen LogP contribution in [-0.4, -0.2) is 44.5 Å². The van der Waals surface area contributed by atoms with Crippen LogP contribution in [0.2, 0.25) is 5.02 Å². The number of likely N-dealkylation sites (N-methyl/N-ethyl adjacent to an activating group) is 1. The van der Waals surface area contributed by atoms with Crippen LogP contribution in [0.25, 0.3) is 0 Å². The van der Waals surface area contributed by atoms with Crippen LogP contribution in [-0.2, 0) is 16.0 Å². The number of halogens is 1. The van der Waals surface area contributed by atoms with Crippen molar-refractivity contribution in [3.05, 3.63) is 34.9 Å². The predicted octanol–water partition coefficient (Wildman–Crippen LogP) is -0.208. The zero-order valence-electron chi connectivity index (χ0n) is 12.8. The summed E-state index contributed by atoms with van der Waals surface area (Å²) >= 11 is 5.92. The second kappa shape index (κ2) is 8.15. The Morgan fingerprint density at radius 1 is 1.27 bits per heavy atom. The Kier molecular flexibility index (Phi) is 6.21. The highest BCUT2D eigenvalue weighted by atomic mass is 35.5. The topological polar surface area (TPSA) is 62.6 Å². The van der Waals surface area contributed by atoms with Gasteiger partial charge in [0.05, 0.1) is 7.05 Å². The average molecular weight is 325 g/mol. The maximum absolute atomic E-state index is 11.8. The van der Waals surface area contributed by atoms with Gasteiger partial charge in [-0.2, -0.15) is 0 Å². The fourth-order valence-electron chi connectivity index (χ4n) is 2.22. The standard InChI is InChI=1S/C16H22ClN3O2/c1-20(11-16(22)19-14-5-6-14)10-15(21)18-8-7-12-3-2-4-13(17)9-12/h2-4,9,14H,5-8,10-11H2,1H3,(H,18,21)(H,19,22)/p+1. The maximum Gasteiger partial charge on any atom is 0.275 e. The molecule has 2 amide bonds. The van der Waals surface area contributed by atoms with Crippen LogP contribution in [0.1, 0.15) is 18.4 Å². The van der Waals surface area contributed by atoms with Crippen molar-refractivity contribution in [2.75, 3.05) is 26.7 Å². The number of rotatable bonds is 8. The molecule has 1 saturated carbocycles. The van der Waals surface area contributed by atoms with E-state index in [2.05, 4.69) is 10.6 Å². The van der Waals surface area contributed by atoms with Gasteiger partial charge in [-0.15, -0.1) is 0 Å². The molecule has 1 fully saturated rings. The highest BCUT2D eigenvalue weighted by Gasteiger charge is 2.24. The van der Waals surface area contributed by atoms with E-state index in [4.69, 9.17) is 11.6 Å². The molecule has 0 radical (unpaired) electrons. The molecule has 6 heteroatoms. The zero-order chi connectivity index (χ0) is 15.9. The molecule has 5 nitrogen and oxygen atoms in total. The van der Waals surface area contributed by atoms with Crippen molar-refractivity contribution < 1.29 is 14.5 Å². The van der Waals surface area contributed by atoms with E-state index in [9.17, 15) is 9.59 Å². The number of carbonyl (C=O) groups excluding carboxylic acids is 2. The lowest BCUT2D eigenvalue weighted by molar-refractivity contribution is -0.862. The summed E-state index contributed by atoms with van der Waals surface area (Å²) in [5, 5.41) is 6.50. The van der Waals surface area contributed by atoms with Gasteiger partial charge in [0.2, 0.25) is 0 Å². The van der Waals surface area contributed by atoms with E-state index in [-0.39, 0.29) is 11.8 Å². The molecule has 1 aromatic carbocycles. The van der Waals surface area contributed by atoms with Crippen LogP contribution in [0.15, 0.2) is 24.3 Å². The molecule has 0 spiro atoms. The Labute approximate surface area is 136 Å². The molecule has 0 saturated heterocycles. The monoisotopic (exact) mass is 324 g/mol. The lowest BCUT2D eigenvalue weighted by Crippen LogP contribution is -3.11. The van der Waals surface area contributed by atoms with Crippen LogP contribution in [0.4, 0.5) is 0 Å². The van der Waals surface area contributed by atoms with Gasteiger partial charge >= 0.3 is 0 Å². The van der Waals surface area contributed by atoms with Gasteiger partial charge in [-0.25, -0.2) is 0 Å². The van der Waals surface area contributed by atoms with Gasteiger partial charge in [0.1, 0.15) is 0 Å². The summed E-state index contributed by atoms with van der Waals surface area (Å²) in [5.41, 5.74) is 1.09. The first kappa shape index (κ1) is 16.8. The van der Waals surface area contributed by atoms with Crippen molar-refractivity contribution in [1.29, 1.82) is 0 Å². The van der Waals surface area contributed by atoms with E-state index < -0.39 is 0 Å². The molecule has 0 bridgehead atoms. The lowest BCUT2D eigenvalue weighted by Gasteiger charge is -2.13. The van der Waals surface area contributed by atoms with Crippen LogP contribution >= 0.6 is 11.6 Å². The quantitative estimate of drug-likeness (QED) is 0.620. The summed E-state index contributed by atoms with van der Waals surface area (Å²) in [7, 11) is 1.85. The fraction of sp³-hybridized carbons (Fsp3) is 0.500. The van der Waals surface area contributed by atoms with Crippen LogP contribution in [0.5, 0.6) is 0 Å². The third-order valence-electron chi connectivity index (χ3n) is 3.49. The number of hydrogen-bond donors (Lipinski definition) is 3. The molecule has 0 aliphatic heterocycles. The molecule has 1 aliphatic rings. The molecule has 1 unspecified atom stereocenters. The van der Waals surface area contributed by atoms with E-state index in [1.165, 1.54) is 0 Å². The Bertz CT molecular complexity index is 532. The van der Waals surface area contributed by atoms with Crippen LogP contribution < -0.4 is 15.5 Å². The average Bonchev–Trinajstić information content (AvgIpc) is 3.22. The predicted molar refractivity (Wildman–Crippen MR) is 86.0 cm³/mol. The maximum atomic E-state index is 11.8. The Hall–Kier alpha value is -1.59. The number of hydrogen-bond acceptors (Lipinski definition) is 2. The van der Waals surface area contributed by atoms with Gasteiger partial charge < -0.3 is 15.5 Å². The number of quaternary nitrogens is 1. The number of carbonyl (C=O) groups is 2. The molecule has 3 N–H and O–H groups in total. The molecule has 2 rings (SSSR count). The van der Waals surface area contributed by atoms with E-state index in [1.807, 2.05) is 31.3 Å². The Balaban J connectivity index is 1.61. The minimum absolute atomic E-state index is 0.0201. The molecule has 1 aromatic rings. The molecule has 0 aromatic heterocycles. The van der Waals surface area contributed by atoms with Gasteiger partial charge in [0.25, 0.3) is 11.8 Å². The molecule has 1 aliphatic carbocycles. The van der Waals surface area contributed by atoms with Gasteiger partial charge in [0, 0.05) is 17.6 Å². The normalized spacial score (nSPS) is 15.2. The van der Waals surface area contributed by atoms with Crippen molar-refractivity contribution in [2.24, 2.45) is 0 Å². The third kappa shape index (κ3) is 6.45. The van der Waals surface area contributed by atoms with Crippen LogP contribution in [0, 0.1) is 0 Å². The minimum atomic E-state index is -0.0428. The van der Waals surface area contributed by atoms with Gasteiger partial charge in [0.15, 0.2) is 13.1 Å². The molecule has 1 atom stereocenters. The molecule has 0 heterocycles. The second-order valence-corrected chi connectivity index (χ2v) is 6.32. The highest BCUT2D eigenvalue weighted by Crippen LogP contribution is 2.17. The van der Waals surface area contributed by atoms with Gasteiger partial charge in [-0.1, -0.05) is 23.7 Å². The summed E-state index contributed by atoms with van der Waals surface area (Å²) in [4.78, 5) is 24.4. The molecule has 22 heavy (non-hydrogen) atoms. The van der Waals surface area contributed by atoms with E-state index in [1.54, 1.807) is 0 Å². The highest BCUT2D eigenvalue weighted by molar-refractivity contribution is 6.30. The Morgan fingerprint density at radius 2 is 2.00 bits per heavy atom. The smallest absolute Gasteiger partial charge is 0.275 e. The zero-order valence-corrected chi connectivity index (χ0v) is 13.6. The van der Waals surface area contributed by atoms with Gasteiger partial charge in [-0.05, 0) is 37.0 Å². The van der Waals surface area contributed by atoms with Crippen molar-refractivity contribution in [3.8, 4) is 0 Å². The molecular weight excluding hydrogens is 302 g/mol. The van der Waals surface area contributed by atoms with E-state index in [0.29, 0.717) is 30.7 Å². The van der Waals surface area contributed by atoms with E-state index in [0.717, 1.165) is 29.7 Å². The van der Waals surface area contributed by atoms with Crippen molar-refractivity contribution in [3.63, 3.8) is 0 Å². The SMILES string of the molecule is C[NH+](CC(=O)NCCc1cccc(Cl)c1)CC(=O)NC1CC1. The largest absolute Gasteiger partial charge is 0.351 e. The fourth-order valence-corrected chi connectivity index (χ4v) is 2.43. The summed E-state index contributed by atoms with van der Waals surface area (Å²) in [6.07, 6.45) is 2.90. The van der Waals surface area contributed by atoms with Crippen molar-refractivity contribution in [2.45, 2.75) is 25.3 Å². The van der Waals surface area contributed by atoms with Crippen molar-refractivity contribution in [1.82, 2.24) is 10.6 Å². The van der Waals surface area contributed by atoms with Gasteiger partial charge in [-0.3, -0.25) is 9.59 Å². The first-order chi connectivity index (χ1) is 10.5. The summed E-state index contributed by atoms with van der Waals surface area (Å²) in [6.45, 7) is 1.20. The first-order valence-electron chi connectivity index (χ1n) is 7.65. The summed E-state index contributed by atoms with van der Waals surface area (Å²) in [5.74, 6) is -0.0227. The van der Waals surface area contributed by atoms with Crippen molar-refractivity contribution >= 4 is 23.4 Å². The Morgan fingerprint density at radius 3 is 2.68 bits per heavy atom. The number of amides is 2. The number of nitrogens with one attached hydrogen (secondary N) is 3. The first-order valence-corrected chi connectivity index (χ1v) is 8.02. The molecular formula is C16H23ClN3O2+. The second-order valence-electron chi connectivity index (χ2n) is 5.88. The molecule has 120 valence electrons. The number of benzene rings is 1. The lowest BCUT2D eigenvalue weighted by atomic mass is 10.1. The minimum Gasteiger partial charge on any atom is -0.351 e. The summed E-state index contributed by atoms with van der Waals surface area (Å²) in [6, 6.07) is 7.97. The van der Waals surface area contributed by atoms with Crippen LogP contribution in [0.3, 0.4) is 0 Å².